The maximum absolute atomic E-state index is 13.9. The van der Waals surface area contributed by atoms with Gasteiger partial charge in [-0.25, -0.2) is 0 Å². The second kappa shape index (κ2) is 11.3. The number of methoxy groups -OCH3 is 1. The van der Waals surface area contributed by atoms with Gasteiger partial charge < -0.3 is 20.1 Å². The molecule has 2 amide bonds. The number of hydrogen-bond donors (Lipinski definition) is 2. The average Bonchev–Trinajstić information content (AvgIpc) is 3.35. The zero-order chi connectivity index (χ0) is 29.3. The Kier molecular flexibility index (Phi) is 7.82. The average molecular weight is 558 g/mol. The van der Waals surface area contributed by atoms with Crippen LogP contribution in [0, 0.1) is 0 Å². The van der Waals surface area contributed by atoms with Crippen LogP contribution in [0.4, 0.5) is 0 Å². The molecule has 1 aliphatic heterocycles. The van der Waals surface area contributed by atoms with Crippen LogP contribution in [-0.2, 0) is 27.3 Å². The van der Waals surface area contributed by atoms with Gasteiger partial charge in [0.15, 0.2) is 5.78 Å². The number of nitrogens with zero attached hydrogens (tertiary/aromatic N) is 2. The fourth-order valence-electron chi connectivity index (χ4n) is 5.75. The number of aliphatic hydroxyl groups is 1. The quantitative estimate of drug-likeness (QED) is 0.411. The topological polar surface area (TPSA) is 118 Å². The summed E-state index contributed by atoms with van der Waals surface area (Å²) in [4.78, 5) is 54.7. The van der Waals surface area contributed by atoms with E-state index >= 15 is 0 Å². The molecule has 9 nitrogen and oxygen atoms in total. The number of nitrogens with one attached hydrogen (secondary N) is 1. The fourth-order valence-corrected chi connectivity index (χ4v) is 5.75. The largest absolute Gasteiger partial charge is 0.495 e. The normalized spacial score (nSPS) is 15.7. The van der Waals surface area contributed by atoms with Crippen molar-refractivity contribution in [2.45, 2.75) is 57.7 Å². The standard InChI is InChI=1S/C32H35N3O6/c1-32(2,40)18-27(37)34-15-13-21(14-16-34)33-30(38)24-17-23-22-11-7-8-12-25(22)35(31(39)28(23)29(24)41-3)19-26(36)20-9-5-4-6-10-20/h4-12,21,40H,13-19H2,1-3H3,(H,33,38). The zero-order valence-corrected chi connectivity index (χ0v) is 23.6. The number of hydrogen-bond acceptors (Lipinski definition) is 6. The zero-order valence-electron chi connectivity index (χ0n) is 23.6. The molecule has 2 aromatic carbocycles. The van der Waals surface area contributed by atoms with Crippen molar-refractivity contribution in [2.75, 3.05) is 20.2 Å². The van der Waals surface area contributed by atoms with Crippen LogP contribution in [0.25, 0.3) is 16.7 Å². The number of benzene rings is 2. The van der Waals surface area contributed by atoms with Crippen molar-refractivity contribution in [3.8, 4) is 0 Å². The first-order valence-electron chi connectivity index (χ1n) is 13.9. The lowest BCUT2D eigenvalue weighted by atomic mass is 10.0. The lowest BCUT2D eigenvalue weighted by molar-refractivity contribution is -0.136. The third kappa shape index (κ3) is 5.81. The van der Waals surface area contributed by atoms with E-state index in [2.05, 4.69) is 5.32 Å². The Morgan fingerprint density at radius 1 is 1.02 bits per heavy atom. The van der Waals surface area contributed by atoms with Crippen LogP contribution in [0.1, 0.15) is 54.6 Å². The number of para-hydroxylation sites is 1. The van der Waals surface area contributed by atoms with Gasteiger partial charge in [-0.05, 0) is 38.3 Å². The highest BCUT2D eigenvalue weighted by molar-refractivity contribution is 6.05. The lowest BCUT2D eigenvalue weighted by Gasteiger charge is -2.33. The Morgan fingerprint density at radius 2 is 1.68 bits per heavy atom. The Balaban J connectivity index is 1.39. The summed E-state index contributed by atoms with van der Waals surface area (Å²) < 4.78 is 7.14. The number of aromatic nitrogens is 1. The van der Waals surface area contributed by atoms with Gasteiger partial charge in [-0.1, -0.05) is 48.5 Å². The molecule has 1 fully saturated rings. The van der Waals surface area contributed by atoms with Gasteiger partial charge in [-0.3, -0.25) is 23.7 Å². The van der Waals surface area contributed by atoms with Crippen LogP contribution >= 0.6 is 0 Å². The summed E-state index contributed by atoms with van der Waals surface area (Å²) >= 11 is 0. The van der Waals surface area contributed by atoms with E-state index in [1.807, 2.05) is 30.3 Å². The summed E-state index contributed by atoms with van der Waals surface area (Å²) in [6.45, 7) is 4.05. The van der Waals surface area contributed by atoms with E-state index in [4.69, 9.17) is 4.74 Å². The van der Waals surface area contributed by atoms with Crippen molar-refractivity contribution in [1.29, 1.82) is 0 Å². The van der Waals surface area contributed by atoms with Crippen LogP contribution < -0.4 is 10.9 Å². The Morgan fingerprint density at radius 3 is 2.34 bits per heavy atom. The SMILES string of the molecule is COC1=C(C(=O)NC2CCN(C(=O)CC(C)(C)O)CC2)Cc2c1c(=O)n(CC(=O)c1ccccc1)c1ccccc21. The molecule has 0 spiro atoms. The molecule has 1 aliphatic carbocycles. The number of amides is 2. The van der Waals surface area contributed by atoms with Gasteiger partial charge in [-0.2, -0.15) is 0 Å². The van der Waals surface area contributed by atoms with Gasteiger partial charge in [0.1, 0.15) is 5.76 Å². The first kappa shape index (κ1) is 28.3. The van der Waals surface area contributed by atoms with Crippen molar-refractivity contribution in [3.05, 3.63) is 87.2 Å². The van der Waals surface area contributed by atoms with Crippen LogP contribution in [-0.4, -0.2) is 64.0 Å². The lowest BCUT2D eigenvalue weighted by Crippen LogP contribution is -2.48. The van der Waals surface area contributed by atoms with E-state index in [1.54, 1.807) is 43.0 Å². The second-order valence-electron chi connectivity index (χ2n) is 11.4. The molecule has 9 heteroatoms. The third-order valence-electron chi connectivity index (χ3n) is 7.78. The summed E-state index contributed by atoms with van der Waals surface area (Å²) in [5, 5.41) is 13.8. The van der Waals surface area contributed by atoms with Gasteiger partial charge in [0, 0.05) is 36.5 Å². The molecule has 2 heterocycles. The summed E-state index contributed by atoms with van der Waals surface area (Å²) in [6, 6.07) is 16.1. The highest BCUT2D eigenvalue weighted by Gasteiger charge is 2.34. The third-order valence-corrected chi connectivity index (χ3v) is 7.78. The number of rotatable bonds is 8. The number of ketones is 1. The fraction of sp³-hybridized carbons (Fsp3) is 0.375. The maximum Gasteiger partial charge on any atom is 0.262 e. The summed E-state index contributed by atoms with van der Waals surface area (Å²) in [7, 11) is 1.44. The number of Topliss-reactive ketones (excluding diaryl/α,β-unsaturated/α-hetero) is 1. The van der Waals surface area contributed by atoms with Crippen molar-refractivity contribution >= 4 is 34.3 Å². The molecule has 2 aliphatic rings. The van der Waals surface area contributed by atoms with Crippen LogP contribution in [0.15, 0.2) is 65.0 Å². The molecule has 1 saturated heterocycles. The molecule has 0 saturated carbocycles. The maximum atomic E-state index is 13.9. The van der Waals surface area contributed by atoms with Crippen molar-refractivity contribution in [2.24, 2.45) is 0 Å². The molecule has 5 rings (SSSR count). The molecule has 214 valence electrons. The first-order chi connectivity index (χ1) is 19.6. The second-order valence-corrected chi connectivity index (χ2v) is 11.4. The highest BCUT2D eigenvalue weighted by atomic mass is 16.5. The Hall–Kier alpha value is -4.24. The number of pyridine rings is 1. The molecule has 0 atom stereocenters. The van der Waals surface area contributed by atoms with Crippen LogP contribution in [0.3, 0.4) is 0 Å². The molecule has 0 radical (unpaired) electrons. The minimum Gasteiger partial charge on any atom is -0.495 e. The molecule has 3 aromatic rings. The number of carbonyl (C=O) groups excluding carboxylic acids is 3. The number of likely N-dealkylation sites (tertiary alicyclic amines) is 1. The van der Waals surface area contributed by atoms with E-state index in [1.165, 1.54) is 11.7 Å². The minimum atomic E-state index is -1.07. The first-order valence-corrected chi connectivity index (χ1v) is 13.9. The number of ether oxygens (including phenoxy) is 1. The Labute approximate surface area is 238 Å². The van der Waals surface area contributed by atoms with Gasteiger partial charge in [0.05, 0.1) is 42.3 Å². The minimum absolute atomic E-state index is 0.0504. The molecule has 0 unspecified atom stereocenters. The van der Waals surface area contributed by atoms with E-state index in [9.17, 15) is 24.3 Å². The van der Waals surface area contributed by atoms with Crippen LogP contribution in [0.5, 0.6) is 0 Å². The van der Waals surface area contributed by atoms with E-state index in [-0.39, 0.29) is 54.3 Å². The Bertz CT molecular complexity index is 1590. The van der Waals surface area contributed by atoms with Gasteiger partial charge in [-0.15, -0.1) is 0 Å². The monoisotopic (exact) mass is 557 g/mol. The number of fused-ring (bicyclic) bond motifs is 3. The number of piperidine rings is 1. The smallest absolute Gasteiger partial charge is 0.262 e. The predicted molar refractivity (Wildman–Crippen MR) is 155 cm³/mol. The molecule has 2 N–H and O–H groups in total. The van der Waals surface area contributed by atoms with Gasteiger partial charge in [0.25, 0.3) is 11.5 Å². The highest BCUT2D eigenvalue weighted by Crippen LogP contribution is 2.36. The van der Waals surface area contributed by atoms with Gasteiger partial charge >= 0.3 is 0 Å². The van der Waals surface area contributed by atoms with Crippen molar-refractivity contribution in [1.82, 2.24) is 14.8 Å². The van der Waals surface area contributed by atoms with Crippen LogP contribution in [0.2, 0.25) is 0 Å². The predicted octanol–water partition coefficient (Wildman–Crippen LogP) is 3.07. The van der Waals surface area contributed by atoms with Crippen molar-refractivity contribution in [3.63, 3.8) is 0 Å². The number of carbonyl (C=O) groups is 3. The van der Waals surface area contributed by atoms with E-state index in [0.717, 1.165) is 5.39 Å². The molecular weight excluding hydrogens is 522 g/mol. The summed E-state index contributed by atoms with van der Waals surface area (Å²) in [5.74, 6) is -0.377. The van der Waals surface area contributed by atoms with E-state index in [0.29, 0.717) is 53.7 Å². The van der Waals surface area contributed by atoms with E-state index < -0.39 is 5.60 Å². The molecule has 0 bridgehead atoms. The van der Waals surface area contributed by atoms with Crippen molar-refractivity contribution < 1.29 is 24.2 Å². The molecule has 41 heavy (non-hydrogen) atoms. The molecule has 1 aromatic heterocycles. The summed E-state index contributed by atoms with van der Waals surface area (Å²) in [5.41, 5.74) is 1.09. The van der Waals surface area contributed by atoms with Gasteiger partial charge in [0.2, 0.25) is 5.91 Å². The molecular formula is C32H35N3O6. The summed E-state index contributed by atoms with van der Waals surface area (Å²) in [6.07, 6.45) is 1.46.